The van der Waals surface area contributed by atoms with Gasteiger partial charge in [0.25, 0.3) is 0 Å². The predicted molar refractivity (Wildman–Crippen MR) is 82.3 cm³/mol. The molecule has 0 aliphatic heterocycles. The highest BCUT2D eigenvalue weighted by Gasteiger charge is 2.14. The topological polar surface area (TPSA) is 50.9 Å². The summed E-state index contributed by atoms with van der Waals surface area (Å²) in [7, 11) is 0. The molecule has 3 N–H and O–H groups in total. The summed E-state index contributed by atoms with van der Waals surface area (Å²) >= 11 is 1.55. The summed E-state index contributed by atoms with van der Waals surface area (Å²) in [6.45, 7) is 6.55. The third-order valence-corrected chi connectivity index (χ3v) is 4.38. The molecule has 0 spiro atoms. The number of anilines is 1. The van der Waals surface area contributed by atoms with Gasteiger partial charge in [0, 0.05) is 23.2 Å². The number of aryl methyl sites for hydroxylation is 1. The van der Waals surface area contributed by atoms with Crippen molar-refractivity contribution in [2.45, 2.75) is 39.3 Å². The van der Waals surface area contributed by atoms with Gasteiger partial charge in [-0.05, 0) is 31.4 Å². The first-order chi connectivity index (χ1) is 9.11. The standard InChI is InChI=1S/C15H21N3S/c1-4-12-7-5-6-8-13(12)10(2)18-11(3)14-9-17-15(16)19-14/h5-11,18H,4H2,1-3H3,(H2,16,17). The van der Waals surface area contributed by atoms with E-state index in [1.165, 1.54) is 16.0 Å². The molecule has 0 fully saturated rings. The van der Waals surface area contributed by atoms with Crippen molar-refractivity contribution in [3.8, 4) is 0 Å². The highest BCUT2D eigenvalue weighted by atomic mass is 32.1. The van der Waals surface area contributed by atoms with E-state index in [0.717, 1.165) is 6.42 Å². The Hall–Kier alpha value is -1.39. The van der Waals surface area contributed by atoms with E-state index in [2.05, 4.69) is 55.3 Å². The van der Waals surface area contributed by atoms with Crippen LogP contribution in [0.25, 0.3) is 0 Å². The van der Waals surface area contributed by atoms with Crippen molar-refractivity contribution in [3.63, 3.8) is 0 Å². The second-order valence-electron chi connectivity index (χ2n) is 4.76. The molecule has 19 heavy (non-hydrogen) atoms. The molecule has 0 amide bonds. The Morgan fingerprint density at radius 2 is 2.00 bits per heavy atom. The number of thiazole rings is 1. The van der Waals surface area contributed by atoms with Crippen LogP contribution in [0.15, 0.2) is 30.5 Å². The molecule has 1 aromatic heterocycles. The van der Waals surface area contributed by atoms with Gasteiger partial charge < -0.3 is 11.1 Å². The van der Waals surface area contributed by atoms with E-state index >= 15 is 0 Å². The van der Waals surface area contributed by atoms with Gasteiger partial charge in [0.05, 0.1) is 0 Å². The van der Waals surface area contributed by atoms with Crippen molar-refractivity contribution >= 4 is 16.5 Å². The lowest BCUT2D eigenvalue weighted by atomic mass is 9.99. The zero-order valence-corrected chi connectivity index (χ0v) is 12.5. The largest absolute Gasteiger partial charge is 0.375 e. The Labute approximate surface area is 118 Å². The Balaban J connectivity index is 2.10. The molecular weight excluding hydrogens is 254 g/mol. The molecule has 0 aliphatic carbocycles. The van der Waals surface area contributed by atoms with Crippen LogP contribution in [0.1, 0.15) is 48.9 Å². The maximum atomic E-state index is 5.68. The molecule has 2 atom stereocenters. The Kier molecular flexibility index (Phi) is 4.56. The summed E-state index contributed by atoms with van der Waals surface area (Å²) in [6, 6.07) is 9.17. The quantitative estimate of drug-likeness (QED) is 0.874. The molecule has 4 heteroatoms. The van der Waals surface area contributed by atoms with Crippen LogP contribution in [0, 0.1) is 0 Å². The zero-order valence-electron chi connectivity index (χ0n) is 11.7. The lowest BCUT2D eigenvalue weighted by Crippen LogP contribution is -2.22. The number of hydrogen-bond acceptors (Lipinski definition) is 4. The van der Waals surface area contributed by atoms with E-state index in [9.17, 15) is 0 Å². The van der Waals surface area contributed by atoms with Gasteiger partial charge in [-0.2, -0.15) is 0 Å². The number of aromatic nitrogens is 1. The number of rotatable bonds is 5. The van der Waals surface area contributed by atoms with E-state index in [1.807, 2.05) is 6.20 Å². The molecule has 3 nitrogen and oxygen atoms in total. The monoisotopic (exact) mass is 275 g/mol. The van der Waals surface area contributed by atoms with Crippen LogP contribution in [-0.2, 0) is 6.42 Å². The Morgan fingerprint density at radius 1 is 1.26 bits per heavy atom. The van der Waals surface area contributed by atoms with Crippen molar-refractivity contribution in [2.75, 3.05) is 5.73 Å². The van der Waals surface area contributed by atoms with Crippen molar-refractivity contribution < 1.29 is 0 Å². The van der Waals surface area contributed by atoms with E-state index in [4.69, 9.17) is 5.73 Å². The first-order valence-corrected chi connectivity index (χ1v) is 7.48. The summed E-state index contributed by atoms with van der Waals surface area (Å²) < 4.78 is 0. The van der Waals surface area contributed by atoms with E-state index in [0.29, 0.717) is 11.2 Å². The smallest absolute Gasteiger partial charge is 0.180 e. The van der Waals surface area contributed by atoms with E-state index in [1.54, 1.807) is 11.3 Å². The highest BCUT2D eigenvalue weighted by Crippen LogP contribution is 2.26. The minimum Gasteiger partial charge on any atom is -0.375 e. The van der Waals surface area contributed by atoms with Gasteiger partial charge in [0.15, 0.2) is 5.13 Å². The van der Waals surface area contributed by atoms with Crippen LogP contribution in [0.2, 0.25) is 0 Å². The van der Waals surface area contributed by atoms with Crippen LogP contribution < -0.4 is 11.1 Å². The average molecular weight is 275 g/mol. The molecule has 1 heterocycles. The minimum absolute atomic E-state index is 0.259. The normalized spacial score (nSPS) is 14.3. The molecular formula is C15H21N3S. The highest BCUT2D eigenvalue weighted by molar-refractivity contribution is 7.15. The second kappa shape index (κ2) is 6.17. The SMILES string of the molecule is CCc1ccccc1C(C)NC(C)c1cnc(N)s1. The first kappa shape index (κ1) is 14.0. The number of nitrogens with one attached hydrogen (secondary N) is 1. The fourth-order valence-corrected chi connectivity index (χ4v) is 3.02. The summed E-state index contributed by atoms with van der Waals surface area (Å²) in [4.78, 5) is 5.29. The van der Waals surface area contributed by atoms with Gasteiger partial charge >= 0.3 is 0 Å². The molecule has 2 aromatic rings. The minimum atomic E-state index is 0.259. The van der Waals surface area contributed by atoms with Gasteiger partial charge in [0.2, 0.25) is 0 Å². The fourth-order valence-electron chi connectivity index (χ4n) is 2.33. The molecule has 0 bridgehead atoms. The summed E-state index contributed by atoms with van der Waals surface area (Å²) in [5.74, 6) is 0. The molecule has 0 saturated carbocycles. The van der Waals surface area contributed by atoms with Crippen LogP contribution in [0.5, 0.6) is 0 Å². The van der Waals surface area contributed by atoms with E-state index in [-0.39, 0.29) is 6.04 Å². The van der Waals surface area contributed by atoms with Crippen molar-refractivity contribution in [2.24, 2.45) is 0 Å². The number of nitrogen functional groups attached to an aromatic ring is 1. The maximum Gasteiger partial charge on any atom is 0.180 e. The molecule has 2 rings (SSSR count). The van der Waals surface area contributed by atoms with Crippen molar-refractivity contribution in [1.29, 1.82) is 0 Å². The number of nitrogens with two attached hydrogens (primary N) is 1. The fraction of sp³-hybridized carbons (Fsp3) is 0.400. The number of nitrogens with zero attached hydrogens (tertiary/aromatic N) is 1. The first-order valence-electron chi connectivity index (χ1n) is 6.66. The molecule has 0 aliphatic rings. The molecule has 0 radical (unpaired) electrons. The van der Waals surface area contributed by atoms with Crippen LogP contribution in [-0.4, -0.2) is 4.98 Å². The lowest BCUT2D eigenvalue weighted by molar-refractivity contribution is 0.497. The third kappa shape index (κ3) is 3.33. The zero-order chi connectivity index (χ0) is 13.8. The molecule has 0 saturated heterocycles. The van der Waals surface area contributed by atoms with Crippen LogP contribution in [0.4, 0.5) is 5.13 Å². The second-order valence-corrected chi connectivity index (χ2v) is 5.86. The van der Waals surface area contributed by atoms with Gasteiger partial charge in [-0.15, -0.1) is 11.3 Å². The Morgan fingerprint density at radius 3 is 2.63 bits per heavy atom. The summed E-state index contributed by atoms with van der Waals surface area (Å²) in [5, 5.41) is 4.25. The average Bonchev–Trinajstić information content (AvgIpc) is 2.85. The number of benzene rings is 1. The summed E-state index contributed by atoms with van der Waals surface area (Å²) in [5.41, 5.74) is 8.45. The third-order valence-electron chi connectivity index (χ3n) is 3.37. The van der Waals surface area contributed by atoms with E-state index < -0.39 is 0 Å². The van der Waals surface area contributed by atoms with Crippen molar-refractivity contribution in [1.82, 2.24) is 10.3 Å². The van der Waals surface area contributed by atoms with Gasteiger partial charge in [0.1, 0.15) is 0 Å². The maximum absolute atomic E-state index is 5.68. The number of hydrogen-bond donors (Lipinski definition) is 2. The van der Waals surface area contributed by atoms with Gasteiger partial charge in [-0.1, -0.05) is 31.2 Å². The molecule has 1 aromatic carbocycles. The van der Waals surface area contributed by atoms with Gasteiger partial charge in [-0.25, -0.2) is 4.98 Å². The Bertz CT molecular complexity index is 536. The van der Waals surface area contributed by atoms with Crippen molar-refractivity contribution in [3.05, 3.63) is 46.5 Å². The summed E-state index contributed by atoms with van der Waals surface area (Å²) in [6.07, 6.45) is 2.92. The van der Waals surface area contributed by atoms with Crippen LogP contribution >= 0.6 is 11.3 Å². The molecule has 2 unspecified atom stereocenters. The molecule has 102 valence electrons. The predicted octanol–water partition coefficient (Wildman–Crippen LogP) is 3.70. The van der Waals surface area contributed by atoms with Gasteiger partial charge in [-0.3, -0.25) is 0 Å². The van der Waals surface area contributed by atoms with Crippen LogP contribution in [0.3, 0.4) is 0 Å². The lowest BCUT2D eigenvalue weighted by Gasteiger charge is -2.21.